The predicted octanol–water partition coefficient (Wildman–Crippen LogP) is 7.26. The minimum atomic E-state index is -4.63. The van der Waals surface area contributed by atoms with Crippen molar-refractivity contribution in [1.82, 2.24) is 0 Å². The molecule has 3 aromatic rings. The summed E-state index contributed by atoms with van der Waals surface area (Å²) in [7, 11) is 0. The number of alkyl halides is 3. The van der Waals surface area contributed by atoms with Crippen LogP contribution in [0, 0.1) is 0 Å². The van der Waals surface area contributed by atoms with Gasteiger partial charge in [0.05, 0.1) is 11.1 Å². The summed E-state index contributed by atoms with van der Waals surface area (Å²) in [6, 6.07) is 10.2. The van der Waals surface area contributed by atoms with Gasteiger partial charge in [0.1, 0.15) is 16.8 Å². The van der Waals surface area contributed by atoms with Crippen LogP contribution in [0.3, 0.4) is 0 Å². The zero-order valence-electron chi connectivity index (χ0n) is 21.4. The summed E-state index contributed by atoms with van der Waals surface area (Å²) in [5, 5.41) is 0.437. The number of hydrogen-bond donors (Lipinski definition) is 0. The Hall–Kier alpha value is -3.49. The van der Waals surface area contributed by atoms with Crippen LogP contribution in [0.15, 0.2) is 64.3 Å². The molecule has 3 rings (SSSR count). The van der Waals surface area contributed by atoms with Crippen LogP contribution in [0.5, 0.6) is 5.75 Å². The molecule has 196 valence electrons. The third-order valence-corrected chi connectivity index (χ3v) is 6.28. The Labute approximate surface area is 214 Å². The number of hydrogen-bond acceptors (Lipinski definition) is 5. The molecule has 0 saturated carbocycles. The molecule has 0 saturated heterocycles. The highest BCUT2D eigenvalue weighted by molar-refractivity contribution is 6.54. The quantitative estimate of drug-likeness (QED) is 0.0937. The van der Waals surface area contributed by atoms with Gasteiger partial charge in [0.25, 0.3) is 0 Å². The van der Waals surface area contributed by atoms with Gasteiger partial charge in [0.15, 0.2) is 0 Å². The summed E-state index contributed by atoms with van der Waals surface area (Å²) < 4.78 is 58.4. The zero-order valence-corrected chi connectivity index (χ0v) is 21.4. The van der Waals surface area contributed by atoms with Gasteiger partial charge in [-0.3, -0.25) is 0 Å². The van der Waals surface area contributed by atoms with Crippen molar-refractivity contribution in [3.05, 3.63) is 76.7 Å². The highest BCUT2D eigenvalue weighted by Crippen LogP contribution is 2.38. The van der Waals surface area contributed by atoms with Crippen LogP contribution in [0.1, 0.15) is 51.2 Å². The summed E-state index contributed by atoms with van der Waals surface area (Å²) >= 11 is 0. The van der Waals surface area contributed by atoms with E-state index in [0.717, 1.165) is 31.4 Å². The van der Waals surface area contributed by atoms with E-state index in [1.54, 1.807) is 38.9 Å². The third-order valence-electron chi connectivity index (χ3n) is 6.28. The monoisotopic (exact) mass is 514 g/mol. The lowest BCUT2D eigenvalue weighted by Gasteiger charge is -2.28. The van der Waals surface area contributed by atoms with Crippen molar-refractivity contribution in [2.45, 2.75) is 65.0 Å². The molecular formula is C28H30BF3O5. The fourth-order valence-electron chi connectivity index (χ4n) is 3.88. The second kappa shape index (κ2) is 11.3. The summed E-state index contributed by atoms with van der Waals surface area (Å²) in [5.41, 5.74) is -2.39. The van der Waals surface area contributed by atoms with Crippen molar-refractivity contribution in [2.75, 3.05) is 0 Å². The first-order valence-corrected chi connectivity index (χ1v) is 12.2. The van der Waals surface area contributed by atoms with E-state index in [0.29, 0.717) is 23.1 Å². The lowest BCUT2D eigenvalue weighted by atomic mass is 9.56. The number of rotatable bonds is 10. The molecule has 2 aromatic carbocycles. The molecule has 0 radical (unpaired) electrons. The first-order chi connectivity index (χ1) is 17.4. The SMILES string of the molecule is C=CC(=O)OC(C)(C)B(C)Oc1ccc2cc(-c3ccc(CCCCC)cc3C(F)(F)F)c(=O)oc2c1. The molecule has 0 amide bonds. The summed E-state index contributed by atoms with van der Waals surface area (Å²) in [6.45, 7) is 9.90. The second-order valence-electron chi connectivity index (χ2n) is 9.47. The topological polar surface area (TPSA) is 65.7 Å². The predicted molar refractivity (Wildman–Crippen MR) is 139 cm³/mol. The van der Waals surface area contributed by atoms with Gasteiger partial charge in [0, 0.05) is 23.1 Å². The summed E-state index contributed by atoms with van der Waals surface area (Å²) in [6.07, 6.45) is -0.349. The number of carbonyl (C=O) groups is 1. The largest absolute Gasteiger partial charge is 0.557 e. The lowest BCUT2D eigenvalue weighted by Crippen LogP contribution is -2.46. The van der Waals surface area contributed by atoms with Crippen LogP contribution in [0.4, 0.5) is 13.2 Å². The Bertz CT molecular complexity index is 1340. The van der Waals surface area contributed by atoms with Crippen LogP contribution in [-0.4, -0.2) is 18.4 Å². The Morgan fingerprint density at radius 2 is 1.81 bits per heavy atom. The number of halogens is 3. The fourth-order valence-corrected chi connectivity index (χ4v) is 3.88. The minimum absolute atomic E-state index is 0.157. The van der Waals surface area contributed by atoms with E-state index in [9.17, 15) is 22.8 Å². The van der Waals surface area contributed by atoms with Crippen molar-refractivity contribution in [1.29, 1.82) is 0 Å². The van der Waals surface area contributed by atoms with Crippen molar-refractivity contribution >= 4 is 23.9 Å². The zero-order chi connectivity index (χ0) is 27.4. The number of aryl methyl sites for hydroxylation is 1. The smallest absolute Gasteiger partial charge is 0.417 e. The van der Waals surface area contributed by atoms with Crippen LogP contribution in [0.2, 0.25) is 6.82 Å². The van der Waals surface area contributed by atoms with Gasteiger partial charge in [-0.2, -0.15) is 13.2 Å². The van der Waals surface area contributed by atoms with E-state index in [4.69, 9.17) is 13.8 Å². The normalized spacial score (nSPS) is 11.9. The maximum atomic E-state index is 13.9. The number of unbranched alkanes of at least 4 members (excludes halogenated alkanes) is 2. The minimum Gasteiger partial charge on any atom is -0.557 e. The lowest BCUT2D eigenvalue weighted by molar-refractivity contribution is -0.144. The number of benzene rings is 2. The van der Waals surface area contributed by atoms with Crippen molar-refractivity contribution in [3.63, 3.8) is 0 Å². The van der Waals surface area contributed by atoms with E-state index in [-0.39, 0.29) is 16.7 Å². The number of ether oxygens (including phenoxy) is 1. The van der Waals surface area contributed by atoms with Crippen molar-refractivity contribution in [2.24, 2.45) is 0 Å². The number of esters is 1. The molecule has 37 heavy (non-hydrogen) atoms. The second-order valence-corrected chi connectivity index (χ2v) is 9.47. The molecule has 1 aromatic heterocycles. The number of fused-ring (bicyclic) bond motifs is 1. The molecule has 1 heterocycles. The van der Waals surface area contributed by atoms with E-state index in [2.05, 4.69) is 6.58 Å². The Morgan fingerprint density at radius 1 is 1.08 bits per heavy atom. The first kappa shape index (κ1) is 28.1. The summed E-state index contributed by atoms with van der Waals surface area (Å²) in [5.74, 6) is -0.254. The maximum Gasteiger partial charge on any atom is 0.417 e. The molecule has 0 aliphatic carbocycles. The van der Waals surface area contributed by atoms with Gasteiger partial charge in [-0.1, -0.05) is 38.5 Å². The molecule has 9 heteroatoms. The molecule has 0 bridgehead atoms. The van der Waals surface area contributed by atoms with Crippen molar-refractivity contribution < 1.29 is 31.8 Å². The standard InChI is InChI=1S/C28H30BF3O5/c1-6-8-9-10-18-11-14-21(23(15-18)28(30,31)32)22-16-19-12-13-20(17-24(19)35-26(22)34)37-29(5)27(3,4)36-25(33)7-2/h7,11-17H,2,6,8-10H2,1,3-5H3. The summed E-state index contributed by atoms with van der Waals surface area (Å²) in [4.78, 5) is 24.4. The Kier molecular flexibility index (Phi) is 8.56. The van der Waals surface area contributed by atoms with Gasteiger partial charge in [-0.05, 0) is 63.3 Å². The van der Waals surface area contributed by atoms with Gasteiger partial charge in [0.2, 0.25) is 0 Å². The van der Waals surface area contributed by atoms with Gasteiger partial charge >= 0.3 is 24.7 Å². The van der Waals surface area contributed by atoms with E-state index >= 15 is 0 Å². The molecule has 0 atom stereocenters. The fraction of sp³-hybridized carbons (Fsp3) is 0.357. The maximum absolute atomic E-state index is 13.9. The molecule has 0 unspecified atom stereocenters. The van der Waals surface area contributed by atoms with E-state index in [1.807, 2.05) is 6.92 Å². The van der Waals surface area contributed by atoms with Gasteiger partial charge in [-0.25, -0.2) is 9.59 Å². The van der Waals surface area contributed by atoms with Gasteiger partial charge < -0.3 is 13.8 Å². The average Bonchev–Trinajstić information content (AvgIpc) is 2.83. The van der Waals surface area contributed by atoms with E-state index in [1.165, 1.54) is 18.2 Å². The molecule has 0 spiro atoms. The van der Waals surface area contributed by atoms with Crippen LogP contribution < -0.4 is 10.3 Å². The average molecular weight is 514 g/mol. The third kappa shape index (κ3) is 6.84. The molecule has 0 fully saturated rings. The van der Waals surface area contributed by atoms with Gasteiger partial charge in [-0.15, -0.1) is 0 Å². The van der Waals surface area contributed by atoms with Crippen LogP contribution in [0.25, 0.3) is 22.1 Å². The van der Waals surface area contributed by atoms with Crippen LogP contribution in [-0.2, 0) is 22.1 Å². The number of carbonyl (C=O) groups excluding carboxylic acids is 1. The Morgan fingerprint density at radius 3 is 2.46 bits per heavy atom. The molecule has 0 N–H and O–H groups in total. The van der Waals surface area contributed by atoms with Crippen molar-refractivity contribution in [3.8, 4) is 16.9 Å². The molecule has 5 nitrogen and oxygen atoms in total. The van der Waals surface area contributed by atoms with Crippen LogP contribution >= 0.6 is 0 Å². The highest BCUT2D eigenvalue weighted by Gasteiger charge is 2.37. The Balaban J connectivity index is 1.95. The molecule has 0 aliphatic rings. The molecule has 0 aliphatic heterocycles. The highest BCUT2D eigenvalue weighted by atomic mass is 19.4. The van der Waals surface area contributed by atoms with E-state index < -0.39 is 35.8 Å². The molecular weight excluding hydrogens is 484 g/mol. The first-order valence-electron chi connectivity index (χ1n) is 12.2.